The summed E-state index contributed by atoms with van der Waals surface area (Å²) < 4.78 is 0. The minimum Gasteiger partial charge on any atom is -0.339 e. The zero-order valence-corrected chi connectivity index (χ0v) is 13.6. The number of nitrogens with zero attached hydrogens (tertiary/aromatic N) is 2. The van der Waals surface area contributed by atoms with Crippen LogP contribution in [-0.2, 0) is 0 Å². The Morgan fingerprint density at radius 3 is 2.29 bits per heavy atom. The van der Waals surface area contributed by atoms with E-state index in [9.17, 15) is 4.79 Å². The number of nitrogens with two attached hydrogens (primary N) is 1. The van der Waals surface area contributed by atoms with E-state index in [1.807, 2.05) is 4.90 Å². The van der Waals surface area contributed by atoms with Crippen molar-refractivity contribution in [2.75, 3.05) is 18.5 Å². The van der Waals surface area contributed by atoms with Crippen molar-refractivity contribution in [3.05, 3.63) is 24.0 Å². The number of hydrogen-bond donors (Lipinski definition) is 2. The first-order chi connectivity index (χ1) is 9.95. The lowest BCUT2D eigenvalue weighted by molar-refractivity contribution is 0.0741. The summed E-state index contributed by atoms with van der Waals surface area (Å²) in [5, 5.41) is 0. The number of hydrogen-bond acceptors (Lipinski definition) is 4. The highest BCUT2D eigenvalue weighted by Gasteiger charge is 2.19. The van der Waals surface area contributed by atoms with Gasteiger partial charge in [0.1, 0.15) is 0 Å². The van der Waals surface area contributed by atoms with Gasteiger partial charge in [-0.25, -0.2) is 0 Å². The fourth-order valence-corrected chi connectivity index (χ4v) is 2.00. The molecule has 0 spiro atoms. The Kier molecular flexibility index (Phi) is 7.15. The highest BCUT2D eigenvalue weighted by Crippen LogP contribution is 2.17. The van der Waals surface area contributed by atoms with Crippen LogP contribution in [0.4, 0.5) is 5.69 Å². The van der Waals surface area contributed by atoms with Crippen LogP contribution in [0.25, 0.3) is 0 Å². The van der Waals surface area contributed by atoms with Crippen LogP contribution >= 0.6 is 0 Å². The molecule has 0 aliphatic rings. The van der Waals surface area contributed by atoms with Crippen molar-refractivity contribution in [1.29, 1.82) is 0 Å². The van der Waals surface area contributed by atoms with Gasteiger partial charge in [0.15, 0.2) is 0 Å². The van der Waals surface area contributed by atoms with Gasteiger partial charge in [-0.05, 0) is 30.7 Å². The second kappa shape index (κ2) is 8.62. The number of amides is 1. The van der Waals surface area contributed by atoms with Crippen LogP contribution in [0.1, 0.15) is 50.9 Å². The van der Waals surface area contributed by atoms with Crippen LogP contribution in [0, 0.1) is 11.8 Å². The Balaban J connectivity index is 2.86. The van der Waals surface area contributed by atoms with Gasteiger partial charge in [-0.15, -0.1) is 0 Å². The predicted octanol–water partition coefficient (Wildman–Crippen LogP) is 2.90. The number of hydrazine groups is 1. The van der Waals surface area contributed by atoms with E-state index < -0.39 is 0 Å². The van der Waals surface area contributed by atoms with Crippen LogP contribution in [-0.4, -0.2) is 28.9 Å². The van der Waals surface area contributed by atoms with Gasteiger partial charge in [-0.3, -0.25) is 15.6 Å². The van der Waals surface area contributed by atoms with Crippen LogP contribution in [0.2, 0.25) is 0 Å². The topological polar surface area (TPSA) is 71.2 Å². The van der Waals surface area contributed by atoms with Gasteiger partial charge >= 0.3 is 0 Å². The number of nitrogen functional groups attached to an aromatic ring is 1. The van der Waals surface area contributed by atoms with E-state index in [0.29, 0.717) is 23.1 Å². The number of nitrogens with one attached hydrogen (secondary N) is 1. The van der Waals surface area contributed by atoms with Crippen LogP contribution in [0.3, 0.4) is 0 Å². The summed E-state index contributed by atoms with van der Waals surface area (Å²) in [4.78, 5) is 18.7. The molecule has 118 valence electrons. The van der Waals surface area contributed by atoms with Crippen LogP contribution in [0.5, 0.6) is 0 Å². The minimum absolute atomic E-state index is 0.00245. The molecule has 5 heteroatoms. The molecule has 1 aromatic heterocycles. The zero-order chi connectivity index (χ0) is 15.8. The van der Waals surface area contributed by atoms with Gasteiger partial charge in [0.05, 0.1) is 11.3 Å². The Bertz CT molecular complexity index is 434. The monoisotopic (exact) mass is 292 g/mol. The average Bonchev–Trinajstić information content (AvgIpc) is 2.46. The molecule has 0 atom stereocenters. The van der Waals surface area contributed by atoms with E-state index in [0.717, 1.165) is 25.9 Å². The minimum atomic E-state index is -0.00245. The molecule has 1 amide bonds. The number of anilines is 1. The summed E-state index contributed by atoms with van der Waals surface area (Å²) in [6.07, 6.45) is 5.19. The summed E-state index contributed by atoms with van der Waals surface area (Å²) in [5.74, 6) is 6.62. The molecule has 5 nitrogen and oxygen atoms in total. The van der Waals surface area contributed by atoms with Crippen molar-refractivity contribution in [2.24, 2.45) is 17.7 Å². The highest BCUT2D eigenvalue weighted by atomic mass is 16.2. The summed E-state index contributed by atoms with van der Waals surface area (Å²) in [7, 11) is 0. The molecule has 21 heavy (non-hydrogen) atoms. The second-order valence-corrected chi connectivity index (χ2v) is 6.22. The normalized spacial score (nSPS) is 11.0. The number of carbonyl (C=O) groups is 1. The Labute approximate surface area is 127 Å². The van der Waals surface area contributed by atoms with E-state index in [2.05, 4.69) is 38.1 Å². The molecule has 1 aromatic rings. The largest absolute Gasteiger partial charge is 0.339 e. The van der Waals surface area contributed by atoms with Crippen molar-refractivity contribution in [1.82, 2.24) is 9.88 Å². The van der Waals surface area contributed by atoms with Gasteiger partial charge in [-0.1, -0.05) is 27.7 Å². The number of carbonyl (C=O) groups excluding carboxylic acids is 1. The molecule has 0 aromatic carbocycles. The Morgan fingerprint density at radius 1 is 1.24 bits per heavy atom. The van der Waals surface area contributed by atoms with E-state index in [1.165, 1.54) is 0 Å². The van der Waals surface area contributed by atoms with Crippen molar-refractivity contribution in [3.8, 4) is 0 Å². The lowest BCUT2D eigenvalue weighted by Gasteiger charge is -2.25. The van der Waals surface area contributed by atoms with Crippen LogP contribution < -0.4 is 11.3 Å². The van der Waals surface area contributed by atoms with Crippen LogP contribution in [0.15, 0.2) is 18.5 Å². The van der Waals surface area contributed by atoms with Gasteiger partial charge < -0.3 is 10.3 Å². The lowest BCUT2D eigenvalue weighted by Crippen LogP contribution is -2.35. The molecule has 0 radical (unpaired) electrons. The van der Waals surface area contributed by atoms with Crippen molar-refractivity contribution in [3.63, 3.8) is 0 Å². The maximum absolute atomic E-state index is 12.7. The van der Waals surface area contributed by atoms with Gasteiger partial charge in [0.2, 0.25) is 0 Å². The fraction of sp³-hybridized carbons (Fsp3) is 0.625. The molecule has 0 aliphatic carbocycles. The van der Waals surface area contributed by atoms with E-state index >= 15 is 0 Å². The molecule has 1 rings (SSSR count). The molecule has 0 saturated carbocycles. The summed E-state index contributed by atoms with van der Waals surface area (Å²) in [6, 6.07) is 1.72. The number of pyridine rings is 1. The van der Waals surface area contributed by atoms with E-state index in [4.69, 9.17) is 5.84 Å². The number of aromatic nitrogens is 1. The average molecular weight is 292 g/mol. The molecule has 3 N–H and O–H groups in total. The highest BCUT2D eigenvalue weighted by molar-refractivity contribution is 5.99. The first-order valence-electron chi connectivity index (χ1n) is 7.65. The van der Waals surface area contributed by atoms with E-state index in [1.54, 1.807) is 18.5 Å². The van der Waals surface area contributed by atoms with E-state index in [-0.39, 0.29) is 5.91 Å². The Hall–Kier alpha value is -1.62. The third-order valence-electron chi connectivity index (χ3n) is 3.45. The van der Waals surface area contributed by atoms with Gasteiger partial charge in [0, 0.05) is 25.5 Å². The Morgan fingerprint density at radius 2 is 1.81 bits per heavy atom. The molecule has 1 heterocycles. The lowest BCUT2D eigenvalue weighted by atomic mass is 10.1. The second-order valence-electron chi connectivity index (χ2n) is 6.22. The molecule has 0 saturated heterocycles. The smallest absolute Gasteiger partial charge is 0.257 e. The fourth-order valence-electron chi connectivity index (χ4n) is 2.00. The number of rotatable bonds is 8. The zero-order valence-electron chi connectivity index (χ0n) is 13.6. The quantitative estimate of drug-likeness (QED) is 0.571. The summed E-state index contributed by atoms with van der Waals surface area (Å²) in [6.45, 7) is 10.2. The van der Waals surface area contributed by atoms with Crippen molar-refractivity contribution < 1.29 is 4.79 Å². The third kappa shape index (κ3) is 5.71. The summed E-state index contributed by atoms with van der Waals surface area (Å²) in [5.41, 5.74) is 3.73. The van der Waals surface area contributed by atoms with Crippen molar-refractivity contribution in [2.45, 2.75) is 40.5 Å². The molecule has 0 fully saturated rings. The standard InChI is InChI=1S/C16H28N4O/c1-12(2)6-9-20(10-7-13(3)4)16(21)14-11-18-8-5-15(14)19-17/h5,8,11-13H,6-7,9-10,17H2,1-4H3,(H,18,19). The molecular formula is C16H28N4O. The predicted molar refractivity (Wildman–Crippen MR) is 86.9 cm³/mol. The first kappa shape index (κ1) is 17.4. The SMILES string of the molecule is CC(C)CCN(CCC(C)C)C(=O)c1cnccc1NN. The maximum atomic E-state index is 12.7. The third-order valence-corrected chi connectivity index (χ3v) is 3.45. The van der Waals surface area contributed by atoms with Gasteiger partial charge in [0.25, 0.3) is 5.91 Å². The molecule has 0 bridgehead atoms. The first-order valence-corrected chi connectivity index (χ1v) is 7.65. The summed E-state index contributed by atoms with van der Waals surface area (Å²) >= 11 is 0. The molecular weight excluding hydrogens is 264 g/mol. The maximum Gasteiger partial charge on any atom is 0.257 e. The van der Waals surface area contributed by atoms with Gasteiger partial charge in [-0.2, -0.15) is 0 Å². The molecule has 0 unspecified atom stereocenters. The van der Waals surface area contributed by atoms with Crippen molar-refractivity contribution >= 4 is 11.6 Å². The molecule has 0 aliphatic heterocycles.